The van der Waals surface area contributed by atoms with Crippen LogP contribution in [0.25, 0.3) is 0 Å². The number of fused-ring (bicyclic) bond motifs is 1. The monoisotopic (exact) mass is 301 g/mol. The van der Waals surface area contributed by atoms with Crippen molar-refractivity contribution in [2.45, 2.75) is 50.5 Å². The molecule has 0 amide bonds. The van der Waals surface area contributed by atoms with Gasteiger partial charge in [0, 0.05) is 30.8 Å². The summed E-state index contributed by atoms with van der Waals surface area (Å²) < 4.78 is 5.82. The predicted octanol–water partition coefficient (Wildman–Crippen LogP) is 2.71. The van der Waals surface area contributed by atoms with Crippen molar-refractivity contribution in [3.8, 4) is 5.75 Å². The molecule has 0 spiro atoms. The van der Waals surface area contributed by atoms with Gasteiger partial charge in [0.05, 0.1) is 6.61 Å². The Balaban J connectivity index is 1.89. The lowest BCUT2D eigenvalue weighted by atomic mass is 9.52. The van der Waals surface area contributed by atoms with Gasteiger partial charge >= 0.3 is 0 Å². The Morgan fingerprint density at radius 3 is 3.14 bits per heavy atom. The second-order valence-corrected chi connectivity index (χ2v) is 6.92. The third-order valence-electron chi connectivity index (χ3n) is 5.97. The minimum atomic E-state index is -0.0834. The van der Waals surface area contributed by atoms with E-state index in [1.165, 1.54) is 16.2 Å². The molecule has 2 aliphatic carbocycles. The van der Waals surface area contributed by atoms with E-state index in [1.807, 2.05) is 13.0 Å². The molecule has 1 heterocycles. The van der Waals surface area contributed by atoms with E-state index >= 15 is 0 Å². The zero-order valence-electron chi connectivity index (χ0n) is 13.0. The highest BCUT2D eigenvalue weighted by molar-refractivity contribution is 5.81. The van der Waals surface area contributed by atoms with Crippen LogP contribution in [-0.4, -0.2) is 35.2 Å². The summed E-state index contributed by atoms with van der Waals surface area (Å²) in [7, 11) is 0. The predicted molar refractivity (Wildman–Crippen MR) is 82.2 cm³/mol. The average Bonchev–Trinajstić information content (AvgIpc) is 2.51. The van der Waals surface area contributed by atoms with E-state index in [2.05, 4.69) is 12.1 Å². The zero-order valence-corrected chi connectivity index (χ0v) is 13.0. The fourth-order valence-corrected chi connectivity index (χ4v) is 5.11. The number of rotatable bonds is 2. The van der Waals surface area contributed by atoms with Crippen LogP contribution in [0.5, 0.6) is 5.75 Å². The van der Waals surface area contributed by atoms with Crippen LogP contribution in [0.2, 0.25) is 0 Å². The number of ketones is 1. The van der Waals surface area contributed by atoms with Gasteiger partial charge in [-0.2, -0.15) is 5.06 Å². The first kappa shape index (κ1) is 14.2. The van der Waals surface area contributed by atoms with Crippen molar-refractivity contribution in [1.29, 1.82) is 0 Å². The van der Waals surface area contributed by atoms with Gasteiger partial charge in [0.2, 0.25) is 0 Å². The summed E-state index contributed by atoms with van der Waals surface area (Å²) in [5.41, 5.74) is 2.43. The molecule has 1 aromatic carbocycles. The van der Waals surface area contributed by atoms with Gasteiger partial charge in [0.1, 0.15) is 11.5 Å². The first-order valence-corrected chi connectivity index (χ1v) is 8.38. The number of Topliss-reactive ketones (excluding diaryl/α,β-unsaturated/α-hetero) is 1. The lowest BCUT2D eigenvalue weighted by Crippen LogP contribution is -2.61. The quantitative estimate of drug-likeness (QED) is 0.912. The molecule has 2 bridgehead atoms. The van der Waals surface area contributed by atoms with Crippen LogP contribution in [0, 0.1) is 5.92 Å². The third-order valence-corrected chi connectivity index (χ3v) is 5.97. The number of hydrogen-bond acceptors (Lipinski definition) is 4. The number of nitrogens with zero attached hydrogens (tertiary/aromatic N) is 1. The molecule has 4 rings (SSSR count). The summed E-state index contributed by atoms with van der Waals surface area (Å²) in [6, 6.07) is 6.38. The maximum atomic E-state index is 12.2. The van der Waals surface area contributed by atoms with Gasteiger partial charge in [-0.15, -0.1) is 0 Å². The summed E-state index contributed by atoms with van der Waals surface area (Å²) in [5, 5.41) is 11.9. The topological polar surface area (TPSA) is 49.8 Å². The molecule has 1 aliphatic heterocycles. The average molecular weight is 301 g/mol. The molecule has 3 aliphatic rings. The second kappa shape index (κ2) is 5.07. The Morgan fingerprint density at radius 1 is 1.45 bits per heavy atom. The van der Waals surface area contributed by atoms with E-state index in [1.54, 1.807) is 0 Å². The van der Waals surface area contributed by atoms with Crippen molar-refractivity contribution in [2.75, 3.05) is 13.2 Å². The first-order valence-electron chi connectivity index (χ1n) is 8.38. The fourth-order valence-electron chi connectivity index (χ4n) is 5.11. The summed E-state index contributed by atoms with van der Waals surface area (Å²) in [6.45, 7) is 3.29. The van der Waals surface area contributed by atoms with Crippen molar-refractivity contribution in [2.24, 2.45) is 5.92 Å². The van der Waals surface area contributed by atoms with E-state index in [-0.39, 0.29) is 11.5 Å². The zero-order chi connectivity index (χ0) is 15.3. The molecule has 0 unspecified atom stereocenters. The number of carbonyl (C=O) groups is 1. The Hall–Kier alpha value is -1.39. The molecule has 4 nitrogen and oxygen atoms in total. The van der Waals surface area contributed by atoms with Gasteiger partial charge in [-0.25, -0.2) is 0 Å². The third kappa shape index (κ3) is 1.87. The summed E-state index contributed by atoms with van der Waals surface area (Å²) in [5.74, 6) is 1.68. The highest BCUT2D eigenvalue weighted by Gasteiger charge is 2.56. The number of piperidine rings is 1. The minimum Gasteiger partial charge on any atom is -0.494 e. The van der Waals surface area contributed by atoms with Gasteiger partial charge in [-0.05, 0) is 49.3 Å². The lowest BCUT2D eigenvalue weighted by molar-refractivity contribution is -0.187. The molecule has 1 aromatic rings. The van der Waals surface area contributed by atoms with Gasteiger partial charge in [0.15, 0.2) is 0 Å². The molecule has 0 aromatic heterocycles. The van der Waals surface area contributed by atoms with Gasteiger partial charge in [0.25, 0.3) is 0 Å². The molecule has 1 saturated carbocycles. The largest absolute Gasteiger partial charge is 0.494 e. The Morgan fingerprint density at radius 2 is 2.32 bits per heavy atom. The Bertz CT molecular complexity index is 614. The summed E-state index contributed by atoms with van der Waals surface area (Å²) in [6.07, 6.45) is 3.88. The van der Waals surface area contributed by atoms with E-state index in [4.69, 9.17) is 4.74 Å². The van der Waals surface area contributed by atoms with Crippen molar-refractivity contribution in [1.82, 2.24) is 5.06 Å². The first-order chi connectivity index (χ1) is 10.7. The molecular weight excluding hydrogens is 278 g/mol. The molecule has 22 heavy (non-hydrogen) atoms. The fraction of sp³-hybridized carbons (Fsp3) is 0.611. The Kier molecular flexibility index (Phi) is 3.27. The van der Waals surface area contributed by atoms with Gasteiger partial charge in [-0.3, -0.25) is 4.79 Å². The molecule has 118 valence electrons. The normalized spacial score (nSPS) is 34.0. The maximum absolute atomic E-state index is 12.2. The van der Waals surface area contributed by atoms with E-state index < -0.39 is 0 Å². The number of hydrogen-bond donors (Lipinski definition) is 1. The van der Waals surface area contributed by atoms with Gasteiger partial charge < -0.3 is 9.94 Å². The van der Waals surface area contributed by atoms with Crippen LogP contribution in [0.3, 0.4) is 0 Å². The molecule has 4 heteroatoms. The number of carbonyl (C=O) groups excluding carboxylic acids is 1. The Labute approximate surface area is 131 Å². The van der Waals surface area contributed by atoms with E-state index in [0.29, 0.717) is 37.7 Å². The smallest absolute Gasteiger partial charge is 0.133 e. The highest BCUT2D eigenvalue weighted by atomic mass is 16.5. The highest BCUT2D eigenvalue weighted by Crippen LogP contribution is 2.55. The number of ether oxygens (including phenoxy) is 1. The van der Waals surface area contributed by atoms with Crippen molar-refractivity contribution in [3.05, 3.63) is 29.3 Å². The van der Waals surface area contributed by atoms with E-state index in [0.717, 1.165) is 25.0 Å². The van der Waals surface area contributed by atoms with Crippen molar-refractivity contribution < 1.29 is 14.7 Å². The molecule has 0 radical (unpaired) electrons. The van der Waals surface area contributed by atoms with Crippen LogP contribution in [-0.2, 0) is 16.6 Å². The van der Waals surface area contributed by atoms with Crippen LogP contribution in [0.15, 0.2) is 18.2 Å². The van der Waals surface area contributed by atoms with Crippen LogP contribution >= 0.6 is 0 Å². The molecule has 1 N–H and O–H groups in total. The van der Waals surface area contributed by atoms with Crippen LogP contribution in [0.1, 0.15) is 43.7 Å². The van der Waals surface area contributed by atoms with Crippen LogP contribution < -0.4 is 4.74 Å². The summed E-state index contributed by atoms with van der Waals surface area (Å²) >= 11 is 0. The van der Waals surface area contributed by atoms with E-state index in [9.17, 15) is 10.0 Å². The maximum Gasteiger partial charge on any atom is 0.133 e. The molecule has 3 atom stereocenters. The van der Waals surface area contributed by atoms with Gasteiger partial charge in [-0.1, -0.05) is 12.1 Å². The van der Waals surface area contributed by atoms with Crippen molar-refractivity contribution >= 4 is 5.78 Å². The standard InChI is InChI=1S/C18H23NO3/c1-2-22-17-5-3-4-14-13(17)10-16-15-7-6-12(20)11-18(14,15)8-9-19(16)21/h3-5,15-16,21H,2,6-11H2,1H3/t15-,16+,18+/m0/s1. The lowest BCUT2D eigenvalue weighted by Gasteiger charge is -2.57. The molecular formula is C18H23NO3. The number of hydroxylamine groups is 2. The van der Waals surface area contributed by atoms with Crippen molar-refractivity contribution in [3.63, 3.8) is 0 Å². The molecule has 2 fully saturated rings. The minimum absolute atomic E-state index is 0.0834. The SMILES string of the molecule is CCOc1cccc2c1C[C@@H]1[C@@H]3CCC(=O)C[C@]23CCN1O. The van der Waals surface area contributed by atoms with Crippen LogP contribution in [0.4, 0.5) is 0 Å². The number of benzene rings is 1. The molecule has 1 saturated heterocycles. The summed E-state index contributed by atoms with van der Waals surface area (Å²) in [4.78, 5) is 12.2. The second-order valence-electron chi connectivity index (χ2n) is 6.92.